The highest BCUT2D eigenvalue weighted by Crippen LogP contribution is 2.37. The van der Waals surface area contributed by atoms with E-state index in [-0.39, 0.29) is 0 Å². The van der Waals surface area contributed by atoms with E-state index >= 15 is 0 Å². The van der Waals surface area contributed by atoms with Crippen molar-refractivity contribution in [3.8, 4) is 11.5 Å². The van der Waals surface area contributed by atoms with Crippen LogP contribution in [0.3, 0.4) is 0 Å². The van der Waals surface area contributed by atoms with Crippen LogP contribution in [-0.4, -0.2) is 32.4 Å². The predicted molar refractivity (Wildman–Crippen MR) is 88.1 cm³/mol. The number of methoxy groups -OCH3 is 3. The van der Waals surface area contributed by atoms with Gasteiger partial charge >= 0.3 is 6.09 Å². The molecule has 0 fully saturated rings. The zero-order valence-electron chi connectivity index (χ0n) is 12.8. The van der Waals surface area contributed by atoms with Crippen molar-refractivity contribution in [3.05, 3.63) is 35.5 Å². The van der Waals surface area contributed by atoms with E-state index in [1.807, 2.05) is 0 Å². The topological polar surface area (TPSA) is 81.7 Å². The van der Waals surface area contributed by atoms with Gasteiger partial charge in [-0.1, -0.05) is 11.6 Å². The molecule has 1 heterocycles. The first kappa shape index (κ1) is 16.7. The van der Waals surface area contributed by atoms with Gasteiger partial charge < -0.3 is 19.5 Å². The van der Waals surface area contributed by atoms with E-state index < -0.39 is 6.09 Å². The molecule has 0 unspecified atom stereocenters. The minimum absolute atomic E-state index is 0.378. The Balaban J connectivity index is 2.20. The first-order valence-electron chi connectivity index (χ1n) is 6.57. The Morgan fingerprint density at radius 3 is 2.43 bits per heavy atom. The second kappa shape index (κ2) is 7.55. The number of anilines is 3. The number of hydrogen-bond donors (Lipinski definition) is 2. The molecule has 1 aromatic heterocycles. The van der Waals surface area contributed by atoms with Gasteiger partial charge in [0.15, 0.2) is 0 Å². The summed E-state index contributed by atoms with van der Waals surface area (Å²) in [4.78, 5) is 15.2. The fourth-order valence-corrected chi connectivity index (χ4v) is 2.04. The highest BCUT2D eigenvalue weighted by molar-refractivity contribution is 6.32. The highest BCUT2D eigenvalue weighted by Gasteiger charge is 2.10. The van der Waals surface area contributed by atoms with E-state index in [2.05, 4.69) is 20.4 Å². The number of carbonyl (C=O) groups excluding carboxylic acids is 1. The van der Waals surface area contributed by atoms with Crippen LogP contribution in [0.25, 0.3) is 0 Å². The lowest BCUT2D eigenvalue weighted by molar-refractivity contribution is 0.187. The van der Waals surface area contributed by atoms with Crippen molar-refractivity contribution in [1.29, 1.82) is 0 Å². The molecule has 1 amide bonds. The summed E-state index contributed by atoms with van der Waals surface area (Å²) in [7, 11) is 4.36. The molecule has 0 spiro atoms. The van der Waals surface area contributed by atoms with Gasteiger partial charge in [-0.2, -0.15) is 0 Å². The van der Waals surface area contributed by atoms with E-state index in [0.29, 0.717) is 33.7 Å². The van der Waals surface area contributed by atoms with E-state index in [4.69, 9.17) is 21.1 Å². The molecule has 8 heteroatoms. The van der Waals surface area contributed by atoms with Crippen molar-refractivity contribution >= 4 is 34.9 Å². The largest absolute Gasteiger partial charge is 0.495 e. The summed E-state index contributed by atoms with van der Waals surface area (Å²) in [6.45, 7) is 0. The molecule has 0 atom stereocenters. The lowest BCUT2D eigenvalue weighted by Gasteiger charge is -2.14. The van der Waals surface area contributed by atoms with Crippen molar-refractivity contribution in [3.63, 3.8) is 0 Å². The normalized spacial score (nSPS) is 9.91. The third-order valence-electron chi connectivity index (χ3n) is 2.93. The monoisotopic (exact) mass is 337 g/mol. The molecule has 0 saturated carbocycles. The number of carbonyl (C=O) groups is 1. The molecule has 2 rings (SSSR count). The van der Waals surface area contributed by atoms with Crippen molar-refractivity contribution in [2.24, 2.45) is 0 Å². The Morgan fingerprint density at radius 2 is 1.87 bits per heavy atom. The molecule has 0 saturated heterocycles. The van der Waals surface area contributed by atoms with E-state index in [0.717, 1.165) is 0 Å². The molecule has 0 aliphatic carbocycles. The molecule has 2 N–H and O–H groups in total. The van der Waals surface area contributed by atoms with Gasteiger partial charge in [-0.05, 0) is 12.1 Å². The number of pyridine rings is 1. The molecule has 0 aliphatic heterocycles. The summed E-state index contributed by atoms with van der Waals surface area (Å²) >= 11 is 6.07. The molecule has 1 aromatic carbocycles. The standard InChI is InChI=1S/C15H16ClN3O4/c1-21-12-7-11(13(22-2)6-10(12)16)18-9-4-5-14(17-8-9)19-15(20)23-3/h4-8,18H,1-3H3,(H,17,19,20). The lowest BCUT2D eigenvalue weighted by Crippen LogP contribution is -2.11. The molecule has 122 valence electrons. The van der Waals surface area contributed by atoms with Crippen molar-refractivity contribution in [2.45, 2.75) is 0 Å². The summed E-state index contributed by atoms with van der Waals surface area (Å²) < 4.78 is 15.0. The Labute approximate surface area is 138 Å². The average Bonchev–Trinajstić information content (AvgIpc) is 2.57. The zero-order valence-corrected chi connectivity index (χ0v) is 13.6. The minimum atomic E-state index is -0.581. The van der Waals surface area contributed by atoms with Crippen LogP contribution >= 0.6 is 11.6 Å². The van der Waals surface area contributed by atoms with Crippen LogP contribution in [0.5, 0.6) is 11.5 Å². The molecule has 0 bridgehead atoms. The van der Waals surface area contributed by atoms with Crippen LogP contribution in [0.15, 0.2) is 30.5 Å². The Kier molecular flexibility index (Phi) is 5.48. The number of nitrogens with zero attached hydrogens (tertiary/aromatic N) is 1. The zero-order chi connectivity index (χ0) is 16.8. The maximum Gasteiger partial charge on any atom is 0.412 e. The maximum atomic E-state index is 11.1. The Morgan fingerprint density at radius 1 is 1.13 bits per heavy atom. The summed E-state index contributed by atoms with van der Waals surface area (Å²) in [5.74, 6) is 1.46. The fraction of sp³-hybridized carbons (Fsp3) is 0.200. The minimum Gasteiger partial charge on any atom is -0.495 e. The van der Waals surface area contributed by atoms with Crippen LogP contribution < -0.4 is 20.1 Å². The molecule has 0 radical (unpaired) electrons. The first-order valence-corrected chi connectivity index (χ1v) is 6.94. The van der Waals surface area contributed by atoms with E-state index in [1.54, 1.807) is 37.6 Å². The third kappa shape index (κ3) is 4.17. The molecule has 0 aliphatic rings. The lowest BCUT2D eigenvalue weighted by atomic mass is 10.2. The summed E-state index contributed by atoms with van der Waals surface area (Å²) in [5, 5.41) is 6.07. The molecule has 2 aromatic rings. The SMILES string of the molecule is COC(=O)Nc1ccc(Nc2cc(OC)c(Cl)cc2OC)cn1. The van der Waals surface area contributed by atoms with Crippen LogP contribution in [0.1, 0.15) is 0 Å². The van der Waals surface area contributed by atoms with Gasteiger partial charge in [-0.15, -0.1) is 0 Å². The smallest absolute Gasteiger partial charge is 0.412 e. The number of amides is 1. The van der Waals surface area contributed by atoms with Gasteiger partial charge in [0.1, 0.15) is 17.3 Å². The van der Waals surface area contributed by atoms with Gasteiger partial charge in [-0.3, -0.25) is 5.32 Å². The second-order valence-corrected chi connectivity index (χ2v) is 4.77. The van der Waals surface area contributed by atoms with Crippen molar-refractivity contribution < 1.29 is 19.0 Å². The molecular weight excluding hydrogens is 322 g/mol. The van der Waals surface area contributed by atoms with Gasteiger partial charge in [-0.25, -0.2) is 9.78 Å². The summed E-state index contributed by atoms with van der Waals surface area (Å²) in [5.41, 5.74) is 1.37. The number of aromatic nitrogens is 1. The Hall–Kier alpha value is -2.67. The average molecular weight is 338 g/mol. The second-order valence-electron chi connectivity index (χ2n) is 4.36. The number of nitrogens with one attached hydrogen (secondary N) is 2. The molecular formula is C15H16ClN3O4. The van der Waals surface area contributed by atoms with Crippen LogP contribution in [0.4, 0.5) is 22.0 Å². The van der Waals surface area contributed by atoms with Crippen LogP contribution in [0.2, 0.25) is 5.02 Å². The number of benzene rings is 1. The maximum absolute atomic E-state index is 11.1. The molecule has 7 nitrogen and oxygen atoms in total. The first-order chi connectivity index (χ1) is 11.1. The Bertz CT molecular complexity index is 692. The predicted octanol–water partition coefficient (Wildman–Crippen LogP) is 3.67. The van der Waals surface area contributed by atoms with Crippen LogP contribution in [0, 0.1) is 0 Å². The summed E-state index contributed by atoms with van der Waals surface area (Å²) in [6.07, 6.45) is 0.980. The number of halogens is 1. The molecule has 23 heavy (non-hydrogen) atoms. The van der Waals surface area contributed by atoms with Gasteiger partial charge in [0.25, 0.3) is 0 Å². The summed E-state index contributed by atoms with van der Waals surface area (Å²) in [6, 6.07) is 6.77. The van der Waals surface area contributed by atoms with Gasteiger partial charge in [0.2, 0.25) is 0 Å². The number of ether oxygens (including phenoxy) is 3. The van der Waals surface area contributed by atoms with Crippen molar-refractivity contribution in [1.82, 2.24) is 4.98 Å². The number of hydrogen-bond acceptors (Lipinski definition) is 6. The third-order valence-corrected chi connectivity index (χ3v) is 3.23. The van der Waals surface area contributed by atoms with Gasteiger partial charge in [0, 0.05) is 12.1 Å². The van der Waals surface area contributed by atoms with E-state index in [9.17, 15) is 4.79 Å². The number of rotatable bonds is 5. The van der Waals surface area contributed by atoms with Crippen LogP contribution in [-0.2, 0) is 4.74 Å². The fourth-order valence-electron chi connectivity index (χ4n) is 1.81. The van der Waals surface area contributed by atoms with Gasteiger partial charge in [0.05, 0.1) is 43.9 Å². The quantitative estimate of drug-likeness (QED) is 0.866. The van der Waals surface area contributed by atoms with E-state index in [1.165, 1.54) is 14.2 Å². The van der Waals surface area contributed by atoms with Crippen molar-refractivity contribution in [2.75, 3.05) is 32.0 Å². The highest BCUT2D eigenvalue weighted by atomic mass is 35.5.